The predicted octanol–water partition coefficient (Wildman–Crippen LogP) is 1.00. The van der Waals surface area contributed by atoms with Crippen molar-refractivity contribution in [2.45, 2.75) is 39.0 Å². The van der Waals surface area contributed by atoms with Gasteiger partial charge in [-0.25, -0.2) is 9.59 Å². The zero-order valence-electron chi connectivity index (χ0n) is 18.8. The van der Waals surface area contributed by atoms with Crippen molar-refractivity contribution in [1.29, 1.82) is 0 Å². The Kier molecular flexibility index (Phi) is 9.50. The maximum atomic E-state index is 12.0. The molecule has 4 amide bonds. The summed E-state index contributed by atoms with van der Waals surface area (Å²) in [5, 5.41) is 0. The van der Waals surface area contributed by atoms with Gasteiger partial charge in [0.15, 0.2) is 0 Å². The van der Waals surface area contributed by atoms with Crippen LogP contribution in [-0.2, 0) is 38.2 Å². The molecule has 1 aliphatic carbocycles. The van der Waals surface area contributed by atoms with Crippen molar-refractivity contribution in [3.63, 3.8) is 0 Å². The molecule has 0 N–H and O–H groups in total. The van der Waals surface area contributed by atoms with Gasteiger partial charge >= 0.3 is 11.9 Å². The van der Waals surface area contributed by atoms with Crippen LogP contribution in [0.4, 0.5) is 0 Å². The molecule has 0 spiro atoms. The van der Waals surface area contributed by atoms with Crippen LogP contribution in [0.25, 0.3) is 0 Å². The maximum absolute atomic E-state index is 12.0. The molecule has 3 rings (SSSR count). The van der Waals surface area contributed by atoms with Gasteiger partial charge in [0, 0.05) is 24.5 Å². The van der Waals surface area contributed by atoms with Gasteiger partial charge in [-0.05, 0) is 12.8 Å². The Morgan fingerprint density at radius 1 is 0.848 bits per heavy atom. The molecular weight excluding hydrogens is 432 g/mol. The number of rotatable bonds is 8. The Morgan fingerprint density at radius 2 is 1.30 bits per heavy atom. The van der Waals surface area contributed by atoms with Crippen molar-refractivity contribution >= 4 is 35.6 Å². The largest absolute Gasteiger partial charge is 0.461 e. The monoisotopic (exact) mass is 462 g/mol. The highest BCUT2D eigenvalue weighted by Crippen LogP contribution is 2.37. The fraction of sp³-hybridized carbons (Fsp3) is 0.565. The van der Waals surface area contributed by atoms with Crippen molar-refractivity contribution < 1.29 is 38.2 Å². The molecule has 0 radical (unpaired) electrons. The molecule has 0 bridgehead atoms. The minimum absolute atomic E-state index is 0.0229. The standard InChI is InChI=1S/C13H17NO4.C10H13NO4/c1-2-11(15)18-8-7-14-12(16)9-5-3-4-6-10(9)13(14)17;1-3-9(13)15-5-4-11-8(12)6-7(2)10(11)14/h2,9-10H,1,3-8H2;3,7H,1,4-6H2,2H3. The van der Waals surface area contributed by atoms with Crippen molar-refractivity contribution in [1.82, 2.24) is 9.80 Å². The van der Waals surface area contributed by atoms with Crippen LogP contribution in [0.15, 0.2) is 25.3 Å². The van der Waals surface area contributed by atoms with Crippen molar-refractivity contribution in [3.8, 4) is 0 Å². The van der Waals surface area contributed by atoms with Crippen LogP contribution in [0.5, 0.6) is 0 Å². The first-order valence-electron chi connectivity index (χ1n) is 11.0. The molecule has 3 fully saturated rings. The third-order valence-corrected chi connectivity index (χ3v) is 5.85. The van der Waals surface area contributed by atoms with Crippen LogP contribution in [-0.4, -0.2) is 71.7 Å². The summed E-state index contributed by atoms with van der Waals surface area (Å²) in [6, 6.07) is 0. The third kappa shape index (κ3) is 6.59. The van der Waals surface area contributed by atoms with Crippen LogP contribution in [0.2, 0.25) is 0 Å². The molecule has 0 aromatic heterocycles. The van der Waals surface area contributed by atoms with Gasteiger partial charge in [-0.2, -0.15) is 0 Å². The van der Waals surface area contributed by atoms with E-state index in [2.05, 4.69) is 17.9 Å². The molecule has 0 aromatic rings. The topological polar surface area (TPSA) is 127 Å². The fourth-order valence-electron chi connectivity index (χ4n) is 4.13. The van der Waals surface area contributed by atoms with Crippen molar-refractivity contribution in [3.05, 3.63) is 25.3 Å². The van der Waals surface area contributed by atoms with E-state index in [1.165, 1.54) is 4.90 Å². The lowest BCUT2D eigenvalue weighted by Crippen LogP contribution is -2.34. The van der Waals surface area contributed by atoms with Gasteiger partial charge < -0.3 is 9.47 Å². The van der Waals surface area contributed by atoms with Gasteiger partial charge in [0.1, 0.15) is 13.2 Å². The molecule has 3 aliphatic rings. The first-order valence-corrected chi connectivity index (χ1v) is 11.0. The van der Waals surface area contributed by atoms with E-state index in [0.717, 1.165) is 42.7 Å². The number of esters is 2. The number of hydrogen-bond donors (Lipinski definition) is 0. The van der Waals surface area contributed by atoms with Gasteiger partial charge in [0.2, 0.25) is 23.6 Å². The number of fused-ring (bicyclic) bond motifs is 1. The number of hydrogen-bond acceptors (Lipinski definition) is 8. The molecule has 33 heavy (non-hydrogen) atoms. The minimum atomic E-state index is -0.554. The van der Waals surface area contributed by atoms with E-state index in [4.69, 9.17) is 4.74 Å². The van der Waals surface area contributed by atoms with Crippen LogP contribution < -0.4 is 0 Å². The van der Waals surface area contributed by atoms with Crippen LogP contribution >= 0.6 is 0 Å². The van der Waals surface area contributed by atoms with E-state index >= 15 is 0 Å². The molecule has 180 valence electrons. The quantitative estimate of drug-likeness (QED) is 0.297. The second-order valence-corrected chi connectivity index (χ2v) is 8.06. The van der Waals surface area contributed by atoms with Gasteiger partial charge in [-0.3, -0.25) is 29.0 Å². The molecule has 2 aliphatic heterocycles. The summed E-state index contributed by atoms with van der Waals surface area (Å²) in [6.07, 6.45) is 5.98. The first-order chi connectivity index (χ1) is 15.7. The number of nitrogens with zero attached hydrogens (tertiary/aromatic N) is 2. The zero-order valence-corrected chi connectivity index (χ0v) is 18.8. The summed E-state index contributed by atoms with van der Waals surface area (Å²) in [4.78, 5) is 70.7. The molecule has 2 saturated heterocycles. The molecule has 1 saturated carbocycles. The van der Waals surface area contributed by atoms with Gasteiger partial charge in [-0.15, -0.1) is 0 Å². The van der Waals surface area contributed by atoms with E-state index in [1.54, 1.807) is 6.92 Å². The average molecular weight is 462 g/mol. The Labute approximate surface area is 192 Å². The molecule has 3 unspecified atom stereocenters. The third-order valence-electron chi connectivity index (χ3n) is 5.85. The molecule has 0 aromatic carbocycles. The number of amides is 4. The second-order valence-electron chi connectivity index (χ2n) is 8.06. The zero-order chi connectivity index (χ0) is 24.5. The molecule has 2 heterocycles. The van der Waals surface area contributed by atoms with Crippen LogP contribution in [0, 0.1) is 17.8 Å². The Morgan fingerprint density at radius 3 is 1.70 bits per heavy atom. The van der Waals surface area contributed by atoms with Gasteiger partial charge in [0.25, 0.3) is 0 Å². The molecule has 3 atom stereocenters. The van der Waals surface area contributed by atoms with E-state index < -0.39 is 11.9 Å². The maximum Gasteiger partial charge on any atom is 0.330 e. The normalized spacial score (nSPS) is 24.1. The van der Waals surface area contributed by atoms with Gasteiger partial charge in [0.05, 0.1) is 24.9 Å². The van der Waals surface area contributed by atoms with Crippen molar-refractivity contribution in [2.75, 3.05) is 26.3 Å². The highest BCUT2D eigenvalue weighted by atomic mass is 16.5. The summed E-state index contributed by atoms with van der Waals surface area (Å²) in [5.74, 6) is -2.22. The number of carbonyl (C=O) groups excluding carboxylic acids is 6. The lowest BCUT2D eigenvalue weighted by atomic mass is 9.81. The number of carbonyl (C=O) groups is 6. The number of ether oxygens (including phenoxy) is 2. The summed E-state index contributed by atoms with van der Waals surface area (Å²) >= 11 is 0. The van der Waals surface area contributed by atoms with Gasteiger partial charge in [-0.1, -0.05) is 32.9 Å². The Bertz CT molecular complexity index is 812. The van der Waals surface area contributed by atoms with E-state index in [0.29, 0.717) is 0 Å². The highest BCUT2D eigenvalue weighted by molar-refractivity contribution is 6.05. The summed E-state index contributed by atoms with van der Waals surface area (Å²) < 4.78 is 9.48. The lowest BCUT2D eigenvalue weighted by Gasteiger charge is -2.19. The van der Waals surface area contributed by atoms with E-state index in [-0.39, 0.29) is 74.1 Å². The highest BCUT2D eigenvalue weighted by Gasteiger charge is 2.47. The number of likely N-dealkylation sites (tertiary alicyclic amines) is 2. The SMILES string of the molecule is C=CC(=O)OCCN1C(=O)C2CCCCC2C1=O.C=CC(=O)OCCN1C(=O)CC(C)C1=O. The molecule has 10 heteroatoms. The molecule has 10 nitrogen and oxygen atoms in total. The Hall–Kier alpha value is -3.30. The second kappa shape index (κ2) is 12.1. The fourth-order valence-corrected chi connectivity index (χ4v) is 4.13. The Balaban J connectivity index is 0.000000238. The van der Waals surface area contributed by atoms with Crippen molar-refractivity contribution in [2.24, 2.45) is 17.8 Å². The first kappa shape index (κ1) is 26.0. The summed E-state index contributed by atoms with van der Waals surface area (Å²) in [5.41, 5.74) is 0. The van der Waals surface area contributed by atoms with E-state index in [1.807, 2.05) is 0 Å². The van der Waals surface area contributed by atoms with E-state index in [9.17, 15) is 28.8 Å². The minimum Gasteiger partial charge on any atom is -0.461 e. The molecular formula is C23H30N2O8. The predicted molar refractivity (Wildman–Crippen MR) is 115 cm³/mol. The van der Waals surface area contributed by atoms with Crippen LogP contribution in [0.1, 0.15) is 39.0 Å². The van der Waals surface area contributed by atoms with Crippen LogP contribution in [0.3, 0.4) is 0 Å². The summed E-state index contributed by atoms with van der Waals surface area (Å²) in [7, 11) is 0. The lowest BCUT2D eigenvalue weighted by molar-refractivity contribution is -0.145. The number of imide groups is 2. The summed E-state index contributed by atoms with van der Waals surface area (Å²) in [6.45, 7) is 8.56. The average Bonchev–Trinajstić information content (AvgIpc) is 3.20. The smallest absolute Gasteiger partial charge is 0.330 e.